The van der Waals surface area contributed by atoms with Crippen molar-refractivity contribution in [2.24, 2.45) is 13.0 Å². The highest BCUT2D eigenvalue weighted by Crippen LogP contribution is 2.30. The molecule has 4 aromatic rings. The van der Waals surface area contributed by atoms with Gasteiger partial charge in [-0.05, 0) is 56.3 Å². The average molecular weight is 535 g/mol. The highest BCUT2D eigenvalue weighted by atomic mass is 35.5. The number of anilines is 1. The molecule has 1 aliphatic carbocycles. The SMILES string of the molecule is Cc1nc(-c2nnn(C)c2CNc2nc(Cl)nc(-c3ccccc3)n2)ccc1O[C@H]1CCC[C@H](C(=O)O)C1. The highest BCUT2D eigenvalue weighted by molar-refractivity contribution is 6.28. The molecule has 2 N–H and O–H groups in total. The van der Waals surface area contributed by atoms with Crippen molar-refractivity contribution < 1.29 is 14.6 Å². The van der Waals surface area contributed by atoms with Crippen molar-refractivity contribution in [3.05, 3.63) is 59.1 Å². The number of hydrogen-bond donors (Lipinski definition) is 2. The minimum absolute atomic E-state index is 0.0882. The molecular formula is C26H27ClN8O3. The number of nitrogens with zero attached hydrogens (tertiary/aromatic N) is 7. The molecule has 0 spiro atoms. The normalized spacial score (nSPS) is 17.2. The Kier molecular flexibility index (Phi) is 7.45. The van der Waals surface area contributed by atoms with Crippen molar-refractivity contribution in [3.63, 3.8) is 0 Å². The van der Waals surface area contributed by atoms with Gasteiger partial charge >= 0.3 is 5.97 Å². The molecule has 38 heavy (non-hydrogen) atoms. The first-order valence-electron chi connectivity index (χ1n) is 12.3. The zero-order valence-electron chi connectivity index (χ0n) is 21.0. The Bertz CT molecular complexity index is 1450. The van der Waals surface area contributed by atoms with Crippen LogP contribution in [0, 0.1) is 12.8 Å². The average Bonchev–Trinajstić information content (AvgIpc) is 3.29. The van der Waals surface area contributed by atoms with Gasteiger partial charge in [-0.25, -0.2) is 9.67 Å². The van der Waals surface area contributed by atoms with E-state index in [1.54, 1.807) is 11.7 Å². The predicted molar refractivity (Wildman–Crippen MR) is 141 cm³/mol. The zero-order chi connectivity index (χ0) is 26.6. The quantitative estimate of drug-likeness (QED) is 0.335. The Hall–Kier alpha value is -4.12. The van der Waals surface area contributed by atoms with Crippen molar-refractivity contribution in [1.29, 1.82) is 0 Å². The van der Waals surface area contributed by atoms with E-state index in [4.69, 9.17) is 21.3 Å². The van der Waals surface area contributed by atoms with E-state index in [0.717, 1.165) is 24.1 Å². The van der Waals surface area contributed by atoms with E-state index in [2.05, 4.69) is 30.6 Å². The Morgan fingerprint density at radius 1 is 1.13 bits per heavy atom. The minimum atomic E-state index is -0.761. The molecule has 1 aliphatic rings. The van der Waals surface area contributed by atoms with Gasteiger partial charge in [-0.15, -0.1) is 5.10 Å². The number of aliphatic carboxylic acids is 1. The second-order valence-electron chi connectivity index (χ2n) is 9.20. The number of pyridine rings is 1. The Morgan fingerprint density at radius 3 is 2.71 bits per heavy atom. The summed E-state index contributed by atoms with van der Waals surface area (Å²) in [5.41, 5.74) is 3.56. The molecule has 0 amide bonds. The van der Waals surface area contributed by atoms with Crippen LogP contribution in [0.25, 0.3) is 22.8 Å². The van der Waals surface area contributed by atoms with Gasteiger partial charge < -0.3 is 15.2 Å². The molecular weight excluding hydrogens is 508 g/mol. The van der Waals surface area contributed by atoms with Gasteiger partial charge in [0, 0.05) is 12.6 Å². The Labute approximate surface area is 224 Å². The van der Waals surface area contributed by atoms with Gasteiger partial charge in [-0.1, -0.05) is 35.5 Å². The molecule has 0 aliphatic heterocycles. The lowest BCUT2D eigenvalue weighted by Crippen LogP contribution is -2.29. The maximum absolute atomic E-state index is 11.4. The molecule has 196 valence electrons. The number of benzene rings is 1. The molecule has 5 rings (SSSR count). The summed E-state index contributed by atoms with van der Waals surface area (Å²) in [6.07, 6.45) is 2.72. The molecule has 3 aromatic heterocycles. The molecule has 1 aromatic carbocycles. The summed E-state index contributed by atoms with van der Waals surface area (Å²) >= 11 is 6.16. The van der Waals surface area contributed by atoms with E-state index < -0.39 is 5.97 Å². The second-order valence-corrected chi connectivity index (χ2v) is 9.54. The lowest BCUT2D eigenvalue weighted by atomic mass is 9.87. The third-order valence-corrected chi connectivity index (χ3v) is 6.71. The molecule has 3 heterocycles. The van der Waals surface area contributed by atoms with E-state index in [9.17, 15) is 9.90 Å². The third-order valence-electron chi connectivity index (χ3n) is 6.55. The lowest BCUT2D eigenvalue weighted by molar-refractivity contribution is -0.143. The summed E-state index contributed by atoms with van der Waals surface area (Å²) in [6, 6.07) is 13.2. The van der Waals surface area contributed by atoms with Crippen LogP contribution in [0.1, 0.15) is 37.1 Å². The minimum Gasteiger partial charge on any atom is -0.489 e. The molecule has 11 nitrogen and oxygen atoms in total. The van der Waals surface area contributed by atoms with E-state index in [1.165, 1.54) is 0 Å². The van der Waals surface area contributed by atoms with Crippen LogP contribution in [0.3, 0.4) is 0 Å². The predicted octanol–water partition coefficient (Wildman–Crippen LogP) is 4.33. The number of nitrogens with one attached hydrogen (secondary N) is 1. The molecule has 2 atom stereocenters. The molecule has 12 heteroatoms. The number of aryl methyl sites for hydroxylation is 2. The number of rotatable bonds is 8. The van der Waals surface area contributed by atoms with Crippen molar-refractivity contribution in [2.45, 2.75) is 45.3 Å². The van der Waals surface area contributed by atoms with Crippen LogP contribution in [-0.2, 0) is 18.4 Å². The summed E-state index contributed by atoms with van der Waals surface area (Å²) in [4.78, 5) is 29.0. The number of carbonyl (C=O) groups is 1. The van der Waals surface area contributed by atoms with E-state index in [1.807, 2.05) is 49.4 Å². The van der Waals surface area contributed by atoms with Crippen molar-refractivity contribution in [1.82, 2.24) is 34.9 Å². The third kappa shape index (κ3) is 5.72. The van der Waals surface area contributed by atoms with Crippen LogP contribution in [0.2, 0.25) is 5.28 Å². The number of ether oxygens (including phenoxy) is 1. The fourth-order valence-corrected chi connectivity index (χ4v) is 4.70. The van der Waals surface area contributed by atoms with Crippen LogP contribution in [0.15, 0.2) is 42.5 Å². The highest BCUT2D eigenvalue weighted by Gasteiger charge is 2.28. The Morgan fingerprint density at radius 2 is 1.95 bits per heavy atom. The first-order valence-corrected chi connectivity index (χ1v) is 12.7. The molecule has 0 radical (unpaired) electrons. The molecule has 0 bridgehead atoms. The number of hydrogen-bond acceptors (Lipinski definition) is 9. The maximum Gasteiger partial charge on any atom is 0.306 e. The summed E-state index contributed by atoms with van der Waals surface area (Å²) in [7, 11) is 1.80. The number of halogens is 1. The number of aromatic nitrogens is 7. The fourth-order valence-electron chi connectivity index (χ4n) is 4.54. The molecule has 1 fully saturated rings. The molecule has 0 unspecified atom stereocenters. The van der Waals surface area contributed by atoms with Gasteiger partial charge in [0.1, 0.15) is 11.4 Å². The van der Waals surface area contributed by atoms with Crippen LogP contribution < -0.4 is 10.1 Å². The van der Waals surface area contributed by atoms with Crippen LogP contribution in [-0.4, -0.2) is 52.1 Å². The van der Waals surface area contributed by atoms with E-state index in [0.29, 0.717) is 54.0 Å². The maximum atomic E-state index is 11.4. The van der Waals surface area contributed by atoms with Gasteiger partial charge in [0.2, 0.25) is 11.2 Å². The van der Waals surface area contributed by atoms with Gasteiger partial charge in [-0.2, -0.15) is 15.0 Å². The van der Waals surface area contributed by atoms with Crippen molar-refractivity contribution in [3.8, 4) is 28.5 Å². The van der Waals surface area contributed by atoms with Crippen LogP contribution in [0.4, 0.5) is 5.95 Å². The largest absolute Gasteiger partial charge is 0.489 e. The number of carboxylic acids is 1. The standard InChI is InChI=1S/C26H27ClN8O3/c1-15-21(38-18-10-6-9-17(13-18)24(36)37)12-11-19(29-15)22-20(35(2)34-33-22)14-28-26-31-23(30-25(27)32-26)16-7-4-3-5-8-16/h3-5,7-8,11-12,17-18H,6,9-10,13-14H2,1-2H3,(H,36,37)(H,28,30,31,32)/t17-,18-/m0/s1. The Balaban J connectivity index is 1.32. The summed E-state index contributed by atoms with van der Waals surface area (Å²) in [5.74, 6) is 0.316. The number of carboxylic acid groups (broad SMARTS) is 1. The second kappa shape index (κ2) is 11.1. The zero-order valence-corrected chi connectivity index (χ0v) is 21.8. The summed E-state index contributed by atoms with van der Waals surface area (Å²) < 4.78 is 7.81. The summed E-state index contributed by atoms with van der Waals surface area (Å²) in [6.45, 7) is 2.19. The van der Waals surface area contributed by atoms with Gasteiger partial charge in [0.05, 0.1) is 35.6 Å². The first-order chi connectivity index (χ1) is 18.4. The molecule has 1 saturated carbocycles. The van der Waals surface area contributed by atoms with Gasteiger partial charge in [-0.3, -0.25) is 4.79 Å². The topological polar surface area (TPSA) is 141 Å². The van der Waals surface area contributed by atoms with Crippen molar-refractivity contribution >= 4 is 23.5 Å². The summed E-state index contributed by atoms with van der Waals surface area (Å²) in [5, 5.41) is 21.1. The smallest absolute Gasteiger partial charge is 0.306 e. The fraction of sp³-hybridized carbons (Fsp3) is 0.346. The van der Waals surface area contributed by atoms with E-state index >= 15 is 0 Å². The van der Waals surface area contributed by atoms with Crippen LogP contribution in [0.5, 0.6) is 5.75 Å². The lowest BCUT2D eigenvalue weighted by Gasteiger charge is -2.27. The molecule has 0 saturated heterocycles. The van der Waals surface area contributed by atoms with Gasteiger partial charge in [0.25, 0.3) is 0 Å². The van der Waals surface area contributed by atoms with Crippen molar-refractivity contribution in [2.75, 3.05) is 5.32 Å². The van der Waals surface area contributed by atoms with Crippen LogP contribution >= 0.6 is 11.6 Å². The van der Waals surface area contributed by atoms with E-state index in [-0.39, 0.29) is 17.3 Å². The first kappa shape index (κ1) is 25.5. The monoisotopic (exact) mass is 534 g/mol. The van der Waals surface area contributed by atoms with Gasteiger partial charge in [0.15, 0.2) is 5.82 Å².